The van der Waals surface area contributed by atoms with Crippen LogP contribution in [0.3, 0.4) is 0 Å². The minimum atomic E-state index is 0.482. The minimum absolute atomic E-state index is 0.482. The fraction of sp³-hybridized carbons (Fsp3) is 0.294. The van der Waals surface area contributed by atoms with Crippen molar-refractivity contribution in [3.63, 3.8) is 0 Å². The lowest BCUT2D eigenvalue weighted by Crippen LogP contribution is -2.25. The van der Waals surface area contributed by atoms with Crippen molar-refractivity contribution in [2.75, 3.05) is 13.1 Å². The Hall–Kier alpha value is -2.38. The van der Waals surface area contributed by atoms with Gasteiger partial charge in [-0.15, -0.1) is 13.2 Å². The predicted molar refractivity (Wildman–Crippen MR) is 85.6 cm³/mol. The minimum Gasteiger partial charge on any atom is -0.326 e. The van der Waals surface area contributed by atoms with Crippen molar-refractivity contribution < 1.29 is 0 Å². The molecule has 1 aromatic heterocycles. The van der Waals surface area contributed by atoms with Crippen LogP contribution in [0.5, 0.6) is 0 Å². The third-order valence-corrected chi connectivity index (χ3v) is 3.32. The number of fused-ring (bicyclic) bond motifs is 1. The van der Waals surface area contributed by atoms with E-state index >= 15 is 0 Å². The molecule has 4 heteroatoms. The molecule has 4 nitrogen and oxygen atoms in total. The molecule has 108 valence electrons. The lowest BCUT2D eigenvalue weighted by atomic mass is 10.3. The summed E-state index contributed by atoms with van der Waals surface area (Å²) in [6.45, 7) is 10.5. The van der Waals surface area contributed by atoms with Crippen LogP contribution in [0, 0.1) is 11.3 Å². The zero-order chi connectivity index (χ0) is 15.1. The number of hydrogen-bond donors (Lipinski definition) is 0. The lowest BCUT2D eigenvalue weighted by molar-refractivity contribution is 0.314. The monoisotopic (exact) mass is 280 g/mol. The molecule has 2 rings (SSSR count). The van der Waals surface area contributed by atoms with Crippen LogP contribution in [0.2, 0.25) is 0 Å². The smallest absolute Gasteiger partial charge is 0.124 e. The normalized spacial score (nSPS) is 10.7. The highest BCUT2D eigenvalue weighted by Gasteiger charge is 2.12. The number of imidazole rings is 1. The molecule has 0 bridgehead atoms. The van der Waals surface area contributed by atoms with Crippen molar-refractivity contribution in [2.45, 2.75) is 19.5 Å². The standard InChI is InChI=1S/C17H20N4/c1-3-11-20(12-4-2)14-17-19-15-8-5-6-9-16(15)21(17)13-7-10-18/h3-6,8-9H,1-2,7,11-14H2. The quantitative estimate of drug-likeness (QED) is 0.698. The molecule has 0 unspecified atom stereocenters. The number of benzene rings is 1. The van der Waals surface area contributed by atoms with Crippen LogP contribution >= 0.6 is 0 Å². The molecule has 0 N–H and O–H groups in total. The average Bonchev–Trinajstić information content (AvgIpc) is 2.83. The van der Waals surface area contributed by atoms with Crippen LogP contribution in [0.25, 0.3) is 11.0 Å². The number of aryl methyl sites for hydroxylation is 1. The van der Waals surface area contributed by atoms with E-state index in [1.165, 1.54) is 0 Å². The fourth-order valence-corrected chi connectivity index (χ4v) is 2.43. The summed E-state index contributed by atoms with van der Waals surface area (Å²) in [5.41, 5.74) is 2.06. The van der Waals surface area contributed by atoms with Gasteiger partial charge in [0.1, 0.15) is 5.82 Å². The maximum absolute atomic E-state index is 8.86. The third-order valence-electron chi connectivity index (χ3n) is 3.32. The molecular formula is C17H20N4. The first-order chi connectivity index (χ1) is 10.3. The molecule has 0 saturated heterocycles. The molecule has 21 heavy (non-hydrogen) atoms. The number of rotatable bonds is 8. The van der Waals surface area contributed by atoms with Crippen LogP contribution in [-0.4, -0.2) is 27.5 Å². The van der Waals surface area contributed by atoms with Crippen LogP contribution in [0.15, 0.2) is 49.6 Å². The van der Waals surface area contributed by atoms with E-state index in [4.69, 9.17) is 10.2 Å². The fourth-order valence-electron chi connectivity index (χ4n) is 2.43. The van der Waals surface area contributed by atoms with E-state index in [0.29, 0.717) is 13.0 Å². The van der Waals surface area contributed by atoms with Crippen LogP contribution < -0.4 is 0 Å². The molecular weight excluding hydrogens is 260 g/mol. The first kappa shape index (κ1) is 15.0. The second-order valence-electron chi connectivity index (χ2n) is 4.85. The highest BCUT2D eigenvalue weighted by Crippen LogP contribution is 2.18. The second-order valence-corrected chi connectivity index (χ2v) is 4.85. The van der Waals surface area contributed by atoms with Gasteiger partial charge in [-0.2, -0.15) is 5.26 Å². The number of hydrogen-bond acceptors (Lipinski definition) is 3. The Bertz CT molecular complexity index is 653. The summed E-state index contributed by atoms with van der Waals surface area (Å²) in [7, 11) is 0. The van der Waals surface area contributed by atoms with Gasteiger partial charge in [0.15, 0.2) is 0 Å². The van der Waals surface area contributed by atoms with Crippen molar-refractivity contribution >= 4 is 11.0 Å². The molecule has 1 heterocycles. The maximum Gasteiger partial charge on any atom is 0.124 e. The summed E-state index contributed by atoms with van der Waals surface area (Å²) in [6.07, 6.45) is 4.24. The molecule has 0 atom stereocenters. The Morgan fingerprint density at radius 1 is 1.24 bits per heavy atom. The van der Waals surface area contributed by atoms with Gasteiger partial charge in [0.25, 0.3) is 0 Å². The first-order valence-corrected chi connectivity index (χ1v) is 7.05. The Balaban J connectivity index is 2.34. The van der Waals surface area contributed by atoms with Gasteiger partial charge in [-0.3, -0.25) is 4.90 Å². The molecule has 0 amide bonds. The maximum atomic E-state index is 8.86. The van der Waals surface area contributed by atoms with Gasteiger partial charge in [-0.05, 0) is 12.1 Å². The van der Waals surface area contributed by atoms with Gasteiger partial charge in [-0.25, -0.2) is 4.98 Å². The molecule has 0 aliphatic carbocycles. The molecule has 2 aromatic rings. The predicted octanol–water partition coefficient (Wildman–Crippen LogP) is 3.12. The van der Waals surface area contributed by atoms with Gasteiger partial charge in [0.05, 0.1) is 30.1 Å². The van der Waals surface area contributed by atoms with E-state index in [1.807, 2.05) is 30.4 Å². The summed E-state index contributed by atoms with van der Waals surface area (Å²) in [4.78, 5) is 6.93. The zero-order valence-corrected chi connectivity index (χ0v) is 12.2. The van der Waals surface area contributed by atoms with E-state index in [0.717, 1.165) is 36.5 Å². The topological polar surface area (TPSA) is 44.9 Å². The van der Waals surface area contributed by atoms with Crippen molar-refractivity contribution in [1.82, 2.24) is 14.5 Å². The van der Waals surface area contributed by atoms with Gasteiger partial charge >= 0.3 is 0 Å². The van der Waals surface area contributed by atoms with E-state index in [2.05, 4.69) is 34.8 Å². The largest absolute Gasteiger partial charge is 0.326 e. The zero-order valence-electron chi connectivity index (χ0n) is 12.2. The van der Waals surface area contributed by atoms with Crippen LogP contribution in [0.4, 0.5) is 0 Å². The van der Waals surface area contributed by atoms with E-state index in [-0.39, 0.29) is 0 Å². The van der Waals surface area contributed by atoms with Crippen LogP contribution in [0.1, 0.15) is 12.2 Å². The number of aromatic nitrogens is 2. The Morgan fingerprint density at radius 3 is 2.62 bits per heavy atom. The lowest BCUT2D eigenvalue weighted by Gasteiger charge is -2.19. The van der Waals surface area contributed by atoms with E-state index in [1.54, 1.807) is 0 Å². The van der Waals surface area contributed by atoms with Gasteiger partial charge in [-0.1, -0.05) is 24.3 Å². The Kier molecular flexibility index (Phi) is 5.30. The molecule has 0 saturated carbocycles. The average molecular weight is 280 g/mol. The van der Waals surface area contributed by atoms with Gasteiger partial charge in [0, 0.05) is 19.6 Å². The van der Waals surface area contributed by atoms with Crippen molar-refractivity contribution in [3.05, 3.63) is 55.4 Å². The molecule has 0 spiro atoms. The van der Waals surface area contributed by atoms with E-state index in [9.17, 15) is 0 Å². The van der Waals surface area contributed by atoms with Crippen molar-refractivity contribution in [3.8, 4) is 6.07 Å². The molecule has 0 aliphatic rings. The summed E-state index contributed by atoms with van der Waals surface area (Å²) in [5.74, 6) is 0.982. The highest BCUT2D eigenvalue weighted by molar-refractivity contribution is 5.75. The highest BCUT2D eigenvalue weighted by atomic mass is 15.2. The van der Waals surface area contributed by atoms with Gasteiger partial charge in [0.2, 0.25) is 0 Å². The number of nitrogens with zero attached hydrogens (tertiary/aromatic N) is 4. The summed E-state index contributed by atoms with van der Waals surface area (Å²) >= 11 is 0. The molecule has 0 fully saturated rings. The molecule has 0 aliphatic heterocycles. The van der Waals surface area contributed by atoms with Gasteiger partial charge < -0.3 is 4.57 Å². The van der Waals surface area contributed by atoms with Crippen LogP contribution in [-0.2, 0) is 13.1 Å². The summed E-state index contributed by atoms with van der Waals surface area (Å²) in [5, 5.41) is 8.86. The second kappa shape index (κ2) is 7.41. The first-order valence-electron chi connectivity index (χ1n) is 7.05. The summed E-state index contributed by atoms with van der Waals surface area (Å²) in [6, 6.07) is 10.3. The molecule has 1 aromatic carbocycles. The van der Waals surface area contributed by atoms with E-state index < -0.39 is 0 Å². The number of para-hydroxylation sites is 2. The van der Waals surface area contributed by atoms with Crippen molar-refractivity contribution in [2.24, 2.45) is 0 Å². The SMILES string of the molecule is C=CCN(CC=C)Cc1nc2ccccc2n1CCC#N. The Morgan fingerprint density at radius 2 is 1.95 bits per heavy atom. The van der Waals surface area contributed by atoms with Crippen molar-refractivity contribution in [1.29, 1.82) is 5.26 Å². The summed E-state index contributed by atoms with van der Waals surface area (Å²) < 4.78 is 2.14. The molecule has 0 radical (unpaired) electrons. The third kappa shape index (κ3) is 3.59. The Labute approximate surface area is 125 Å². The number of nitriles is 1.